The number of Topliss-reactive ketones (excluding diaryl/α,β-unsaturated/α-hetero) is 1. The molecule has 0 aliphatic heterocycles. The maximum atomic E-state index is 12.8. The minimum absolute atomic E-state index is 0.0371. The van der Waals surface area contributed by atoms with Gasteiger partial charge in [0.05, 0.1) is 6.42 Å². The topological polar surface area (TPSA) is 72.5 Å². The molecular weight excluding hydrogens is 345 g/mol. The van der Waals surface area contributed by atoms with E-state index in [-0.39, 0.29) is 18.6 Å². The van der Waals surface area contributed by atoms with Crippen molar-refractivity contribution in [3.63, 3.8) is 0 Å². The fourth-order valence-corrected chi connectivity index (χ4v) is 3.15. The first-order valence-corrected chi connectivity index (χ1v) is 8.48. The molecule has 0 saturated heterocycles. The summed E-state index contributed by atoms with van der Waals surface area (Å²) >= 11 is 1.53. The maximum Gasteiger partial charge on any atom is 0.306 e. The highest BCUT2D eigenvalue weighted by molar-refractivity contribution is 7.12. The fraction of sp³-hybridized carbons (Fsp3) is 0.278. The molecule has 0 fully saturated rings. The van der Waals surface area contributed by atoms with Crippen LogP contribution in [0.15, 0.2) is 30.3 Å². The smallest absolute Gasteiger partial charge is 0.306 e. The van der Waals surface area contributed by atoms with Crippen LogP contribution in [0.4, 0.5) is 10.1 Å². The summed E-state index contributed by atoms with van der Waals surface area (Å²) in [6.07, 6.45) is -0.0492. The Morgan fingerprint density at radius 2 is 1.80 bits per heavy atom. The first kappa shape index (κ1) is 18.8. The number of rotatable bonds is 7. The molecular formula is C18H18FNO4S. The number of aryl methyl sites for hydroxylation is 2. The van der Waals surface area contributed by atoms with E-state index in [1.807, 2.05) is 19.9 Å². The summed E-state index contributed by atoms with van der Waals surface area (Å²) < 4.78 is 17.6. The molecule has 1 N–H and O–H groups in total. The Labute approximate surface area is 148 Å². The molecule has 2 aromatic rings. The Kier molecular flexibility index (Phi) is 6.41. The van der Waals surface area contributed by atoms with Crippen molar-refractivity contribution < 1.29 is 23.5 Å². The van der Waals surface area contributed by atoms with Gasteiger partial charge in [0.1, 0.15) is 5.82 Å². The van der Waals surface area contributed by atoms with E-state index in [4.69, 9.17) is 4.74 Å². The standard InChI is InChI=1S/C18H18FNO4S/c1-11-9-15(12(2)25-11)16(21)7-8-18(23)24-10-17(22)20-14-5-3-13(19)4-6-14/h3-6,9H,7-8,10H2,1-2H3,(H,20,22). The van der Waals surface area contributed by atoms with Crippen LogP contribution in [0.25, 0.3) is 0 Å². The van der Waals surface area contributed by atoms with Crippen molar-refractivity contribution >= 4 is 34.7 Å². The normalized spacial score (nSPS) is 10.4. The number of carbonyl (C=O) groups is 3. The second-order valence-corrected chi connectivity index (χ2v) is 6.93. The second-order valence-electron chi connectivity index (χ2n) is 5.47. The van der Waals surface area contributed by atoms with Crippen molar-refractivity contribution in [1.82, 2.24) is 0 Å². The van der Waals surface area contributed by atoms with Gasteiger partial charge in [-0.15, -0.1) is 11.3 Å². The van der Waals surface area contributed by atoms with Gasteiger partial charge in [0.25, 0.3) is 5.91 Å². The van der Waals surface area contributed by atoms with Gasteiger partial charge in [-0.1, -0.05) is 0 Å². The maximum absolute atomic E-state index is 12.8. The zero-order chi connectivity index (χ0) is 18.4. The number of ketones is 1. The number of benzene rings is 1. The molecule has 0 unspecified atom stereocenters. The van der Waals surface area contributed by atoms with Crippen LogP contribution in [0, 0.1) is 19.7 Å². The fourth-order valence-electron chi connectivity index (χ4n) is 2.21. The minimum Gasteiger partial charge on any atom is -0.456 e. The van der Waals surface area contributed by atoms with Crippen molar-refractivity contribution in [3.05, 3.63) is 51.5 Å². The van der Waals surface area contributed by atoms with Gasteiger partial charge in [0, 0.05) is 27.4 Å². The van der Waals surface area contributed by atoms with Crippen LogP contribution < -0.4 is 5.32 Å². The molecule has 7 heteroatoms. The SMILES string of the molecule is Cc1cc(C(=O)CCC(=O)OCC(=O)Nc2ccc(F)cc2)c(C)s1. The van der Waals surface area contributed by atoms with Crippen molar-refractivity contribution in [2.24, 2.45) is 0 Å². The molecule has 0 atom stereocenters. The lowest BCUT2D eigenvalue weighted by Gasteiger charge is -2.06. The Morgan fingerprint density at radius 1 is 1.12 bits per heavy atom. The van der Waals surface area contributed by atoms with Gasteiger partial charge in [-0.3, -0.25) is 14.4 Å². The Bertz CT molecular complexity index is 783. The molecule has 1 aromatic carbocycles. The summed E-state index contributed by atoms with van der Waals surface area (Å²) in [4.78, 5) is 37.4. The molecule has 5 nitrogen and oxygen atoms in total. The Balaban J connectivity index is 1.73. The molecule has 0 saturated carbocycles. The predicted octanol–water partition coefficient (Wildman–Crippen LogP) is 3.65. The number of ether oxygens (including phenoxy) is 1. The van der Waals surface area contributed by atoms with Crippen LogP contribution in [0.5, 0.6) is 0 Å². The van der Waals surface area contributed by atoms with Gasteiger partial charge in [-0.25, -0.2) is 4.39 Å². The van der Waals surface area contributed by atoms with Gasteiger partial charge >= 0.3 is 5.97 Å². The predicted molar refractivity (Wildman–Crippen MR) is 93.3 cm³/mol. The zero-order valence-corrected chi connectivity index (χ0v) is 14.7. The molecule has 2 rings (SSSR count). The van der Waals surface area contributed by atoms with Gasteiger partial charge in [0.15, 0.2) is 12.4 Å². The summed E-state index contributed by atoms with van der Waals surface area (Å²) in [5, 5.41) is 2.48. The second kappa shape index (κ2) is 8.53. The van der Waals surface area contributed by atoms with E-state index in [2.05, 4.69) is 5.32 Å². The monoisotopic (exact) mass is 363 g/mol. The van der Waals surface area contributed by atoms with Crippen LogP contribution in [-0.4, -0.2) is 24.3 Å². The molecule has 1 aromatic heterocycles. The molecule has 1 heterocycles. The molecule has 0 spiro atoms. The van der Waals surface area contributed by atoms with E-state index in [9.17, 15) is 18.8 Å². The van der Waals surface area contributed by atoms with Crippen LogP contribution in [0.2, 0.25) is 0 Å². The zero-order valence-electron chi connectivity index (χ0n) is 13.9. The van der Waals surface area contributed by atoms with E-state index in [1.165, 1.54) is 35.6 Å². The van der Waals surface area contributed by atoms with Crippen LogP contribution in [-0.2, 0) is 14.3 Å². The highest BCUT2D eigenvalue weighted by Crippen LogP contribution is 2.22. The number of halogens is 1. The van der Waals surface area contributed by atoms with E-state index in [1.54, 1.807) is 0 Å². The average Bonchev–Trinajstić information content (AvgIpc) is 2.91. The number of hydrogen-bond acceptors (Lipinski definition) is 5. The molecule has 132 valence electrons. The number of amides is 1. The lowest BCUT2D eigenvalue weighted by atomic mass is 10.1. The van der Waals surface area contributed by atoms with Crippen molar-refractivity contribution in [2.45, 2.75) is 26.7 Å². The number of nitrogens with one attached hydrogen (secondary N) is 1. The average molecular weight is 363 g/mol. The third-order valence-corrected chi connectivity index (χ3v) is 4.36. The first-order valence-electron chi connectivity index (χ1n) is 7.66. The summed E-state index contributed by atoms with van der Waals surface area (Å²) in [5.74, 6) is -1.68. The van der Waals surface area contributed by atoms with E-state index < -0.39 is 24.3 Å². The first-order chi connectivity index (χ1) is 11.8. The third kappa shape index (κ3) is 5.79. The summed E-state index contributed by atoms with van der Waals surface area (Å²) in [6, 6.07) is 7.03. The van der Waals surface area contributed by atoms with E-state index in [0.717, 1.165) is 9.75 Å². The van der Waals surface area contributed by atoms with Crippen molar-refractivity contribution in [3.8, 4) is 0 Å². The van der Waals surface area contributed by atoms with Crippen molar-refractivity contribution in [2.75, 3.05) is 11.9 Å². The van der Waals surface area contributed by atoms with E-state index in [0.29, 0.717) is 11.3 Å². The van der Waals surface area contributed by atoms with Crippen LogP contribution >= 0.6 is 11.3 Å². The molecule has 0 radical (unpaired) electrons. The number of thiophene rings is 1. The van der Waals surface area contributed by atoms with Crippen LogP contribution in [0.3, 0.4) is 0 Å². The number of carbonyl (C=O) groups excluding carboxylic acids is 3. The largest absolute Gasteiger partial charge is 0.456 e. The number of hydrogen-bond donors (Lipinski definition) is 1. The van der Waals surface area contributed by atoms with Crippen LogP contribution in [0.1, 0.15) is 33.0 Å². The highest BCUT2D eigenvalue weighted by Gasteiger charge is 2.15. The summed E-state index contributed by atoms with van der Waals surface area (Å²) in [5.41, 5.74) is 1.03. The molecule has 1 amide bonds. The summed E-state index contributed by atoms with van der Waals surface area (Å²) in [7, 11) is 0. The lowest BCUT2D eigenvalue weighted by Crippen LogP contribution is -2.21. The minimum atomic E-state index is -0.618. The molecule has 0 aliphatic rings. The molecule has 25 heavy (non-hydrogen) atoms. The van der Waals surface area contributed by atoms with E-state index >= 15 is 0 Å². The quantitative estimate of drug-likeness (QED) is 0.602. The van der Waals surface area contributed by atoms with Gasteiger partial charge in [-0.2, -0.15) is 0 Å². The molecule has 0 bridgehead atoms. The number of anilines is 1. The van der Waals surface area contributed by atoms with Gasteiger partial charge in [-0.05, 0) is 44.2 Å². The van der Waals surface area contributed by atoms with Gasteiger partial charge in [0.2, 0.25) is 0 Å². The van der Waals surface area contributed by atoms with Crippen molar-refractivity contribution in [1.29, 1.82) is 0 Å². The number of esters is 1. The summed E-state index contributed by atoms with van der Waals surface area (Å²) in [6.45, 7) is 3.33. The Hall–Kier alpha value is -2.54. The van der Waals surface area contributed by atoms with Gasteiger partial charge < -0.3 is 10.1 Å². The lowest BCUT2D eigenvalue weighted by molar-refractivity contribution is -0.147. The highest BCUT2D eigenvalue weighted by atomic mass is 32.1. The third-order valence-electron chi connectivity index (χ3n) is 3.39. The Morgan fingerprint density at radius 3 is 2.40 bits per heavy atom. The molecule has 0 aliphatic carbocycles.